The second-order valence-electron chi connectivity index (χ2n) is 5.18. The van der Waals surface area contributed by atoms with E-state index in [0.717, 1.165) is 11.1 Å². The molecule has 0 aromatic heterocycles. The first kappa shape index (κ1) is 16.1. The van der Waals surface area contributed by atoms with Crippen LogP contribution < -0.4 is 4.74 Å². The maximum absolute atomic E-state index is 10.7. The monoisotopic (exact) mass is 336 g/mol. The van der Waals surface area contributed by atoms with E-state index in [1.165, 1.54) is 36.4 Å². The molecule has 3 rings (SSSR count). The summed E-state index contributed by atoms with van der Waals surface area (Å²) in [5, 5.41) is 21.3. The van der Waals surface area contributed by atoms with Crippen molar-refractivity contribution < 1.29 is 14.6 Å². The molecule has 7 heteroatoms. The van der Waals surface area contributed by atoms with Crippen LogP contribution in [0.15, 0.2) is 72.8 Å². The number of non-ortho nitro benzene ring substituents is 2. The highest BCUT2D eigenvalue weighted by Gasteiger charge is 2.07. The standard InChI is InChI=1S/C18H12N2O5/c21-19(22)15-5-1-13(2-6-15)14-3-9-17(10-4-14)25-18-11-7-16(8-12-18)20(23)24/h1-12H. The number of rotatable bonds is 5. The molecule has 0 radical (unpaired) electrons. The van der Waals surface area contributed by atoms with Gasteiger partial charge in [-0.2, -0.15) is 0 Å². The van der Waals surface area contributed by atoms with E-state index in [1.54, 1.807) is 24.3 Å². The first-order valence-electron chi connectivity index (χ1n) is 7.30. The molecule has 0 saturated heterocycles. The second kappa shape index (κ2) is 6.79. The second-order valence-corrected chi connectivity index (χ2v) is 5.18. The smallest absolute Gasteiger partial charge is 0.269 e. The fourth-order valence-corrected chi connectivity index (χ4v) is 2.26. The van der Waals surface area contributed by atoms with E-state index in [-0.39, 0.29) is 11.4 Å². The molecule has 0 atom stereocenters. The Morgan fingerprint density at radius 1 is 0.560 bits per heavy atom. The number of nitro groups is 2. The van der Waals surface area contributed by atoms with Crippen LogP contribution in [0, 0.1) is 20.2 Å². The first-order chi connectivity index (χ1) is 12.0. The molecule has 7 nitrogen and oxygen atoms in total. The number of nitro benzene ring substituents is 2. The molecule has 0 bridgehead atoms. The molecule has 124 valence electrons. The van der Waals surface area contributed by atoms with Gasteiger partial charge in [-0.15, -0.1) is 0 Å². The molecule has 0 aliphatic rings. The normalized spacial score (nSPS) is 10.2. The Labute approximate surface area is 142 Å². The summed E-state index contributed by atoms with van der Waals surface area (Å²) in [5.41, 5.74) is 1.79. The zero-order valence-corrected chi connectivity index (χ0v) is 12.9. The topological polar surface area (TPSA) is 95.5 Å². The van der Waals surface area contributed by atoms with Gasteiger partial charge in [-0.05, 0) is 47.5 Å². The van der Waals surface area contributed by atoms with Crippen LogP contribution in [0.4, 0.5) is 11.4 Å². The fourth-order valence-electron chi connectivity index (χ4n) is 2.26. The summed E-state index contributed by atoms with van der Waals surface area (Å²) in [6.07, 6.45) is 0. The lowest BCUT2D eigenvalue weighted by molar-refractivity contribution is -0.385. The number of hydrogen-bond donors (Lipinski definition) is 0. The molecule has 0 unspecified atom stereocenters. The summed E-state index contributed by atoms with van der Waals surface area (Å²) in [5.74, 6) is 1.08. The minimum atomic E-state index is -0.469. The van der Waals surface area contributed by atoms with Crippen molar-refractivity contribution in [2.75, 3.05) is 0 Å². The Bertz CT molecular complexity index is 904. The highest BCUT2D eigenvalue weighted by atomic mass is 16.6. The lowest BCUT2D eigenvalue weighted by atomic mass is 10.1. The van der Waals surface area contributed by atoms with Gasteiger partial charge in [-0.25, -0.2) is 0 Å². The molecule has 0 amide bonds. The zero-order valence-electron chi connectivity index (χ0n) is 12.9. The van der Waals surface area contributed by atoms with Gasteiger partial charge in [0.2, 0.25) is 0 Å². The van der Waals surface area contributed by atoms with E-state index in [2.05, 4.69) is 0 Å². The molecule has 0 aliphatic carbocycles. The average Bonchev–Trinajstić information content (AvgIpc) is 2.63. The third-order valence-corrected chi connectivity index (χ3v) is 3.55. The maximum atomic E-state index is 10.7. The number of nitrogens with zero attached hydrogens (tertiary/aromatic N) is 2. The van der Waals surface area contributed by atoms with Gasteiger partial charge in [0.25, 0.3) is 11.4 Å². The van der Waals surface area contributed by atoms with E-state index in [0.29, 0.717) is 11.5 Å². The summed E-state index contributed by atoms with van der Waals surface area (Å²) < 4.78 is 5.64. The lowest BCUT2D eigenvalue weighted by Crippen LogP contribution is -1.89. The van der Waals surface area contributed by atoms with Gasteiger partial charge in [-0.3, -0.25) is 20.2 Å². The Morgan fingerprint density at radius 2 is 0.880 bits per heavy atom. The van der Waals surface area contributed by atoms with Gasteiger partial charge in [0, 0.05) is 24.3 Å². The lowest BCUT2D eigenvalue weighted by Gasteiger charge is -2.07. The van der Waals surface area contributed by atoms with E-state index in [1.807, 2.05) is 12.1 Å². The van der Waals surface area contributed by atoms with Crippen LogP contribution in [-0.4, -0.2) is 9.85 Å². The van der Waals surface area contributed by atoms with Crippen molar-refractivity contribution >= 4 is 11.4 Å². The van der Waals surface area contributed by atoms with Crippen molar-refractivity contribution in [3.8, 4) is 22.6 Å². The van der Waals surface area contributed by atoms with Gasteiger partial charge in [0.15, 0.2) is 0 Å². The van der Waals surface area contributed by atoms with Gasteiger partial charge in [0.1, 0.15) is 11.5 Å². The zero-order chi connectivity index (χ0) is 17.8. The Hall–Kier alpha value is -3.74. The predicted molar refractivity (Wildman–Crippen MR) is 91.7 cm³/mol. The fraction of sp³-hybridized carbons (Fsp3) is 0. The van der Waals surface area contributed by atoms with E-state index < -0.39 is 9.85 Å². The quantitative estimate of drug-likeness (QED) is 0.484. The molecule has 0 heterocycles. The van der Waals surface area contributed by atoms with Crippen LogP contribution >= 0.6 is 0 Å². The van der Waals surface area contributed by atoms with Crippen LogP contribution in [0.2, 0.25) is 0 Å². The van der Waals surface area contributed by atoms with Crippen molar-refractivity contribution in [2.24, 2.45) is 0 Å². The number of hydrogen-bond acceptors (Lipinski definition) is 5. The van der Waals surface area contributed by atoms with Crippen LogP contribution in [0.1, 0.15) is 0 Å². The molecule has 0 N–H and O–H groups in total. The summed E-state index contributed by atoms with van der Waals surface area (Å²) in [6, 6.07) is 19.3. The molecule has 3 aromatic carbocycles. The first-order valence-corrected chi connectivity index (χ1v) is 7.30. The molecule has 25 heavy (non-hydrogen) atoms. The predicted octanol–water partition coefficient (Wildman–Crippen LogP) is 4.96. The summed E-state index contributed by atoms with van der Waals surface area (Å²) >= 11 is 0. The van der Waals surface area contributed by atoms with Crippen LogP contribution in [0.3, 0.4) is 0 Å². The van der Waals surface area contributed by atoms with Crippen molar-refractivity contribution in [1.82, 2.24) is 0 Å². The van der Waals surface area contributed by atoms with Gasteiger partial charge in [0.05, 0.1) is 9.85 Å². The Kier molecular flexibility index (Phi) is 4.38. The van der Waals surface area contributed by atoms with Gasteiger partial charge >= 0.3 is 0 Å². The molecule has 3 aromatic rings. The van der Waals surface area contributed by atoms with Crippen molar-refractivity contribution in [3.63, 3.8) is 0 Å². The van der Waals surface area contributed by atoms with Crippen molar-refractivity contribution in [1.29, 1.82) is 0 Å². The summed E-state index contributed by atoms with van der Waals surface area (Å²) in [6.45, 7) is 0. The average molecular weight is 336 g/mol. The van der Waals surface area contributed by atoms with Gasteiger partial charge < -0.3 is 4.74 Å². The molecular formula is C18H12N2O5. The van der Waals surface area contributed by atoms with E-state index in [4.69, 9.17) is 4.74 Å². The van der Waals surface area contributed by atoms with Crippen molar-refractivity contribution in [3.05, 3.63) is 93.0 Å². The molecular weight excluding hydrogens is 324 g/mol. The number of ether oxygens (including phenoxy) is 1. The third kappa shape index (κ3) is 3.78. The molecule has 0 spiro atoms. The van der Waals surface area contributed by atoms with E-state index >= 15 is 0 Å². The minimum Gasteiger partial charge on any atom is -0.457 e. The minimum absolute atomic E-state index is 0.000805. The Balaban J connectivity index is 1.73. The van der Waals surface area contributed by atoms with Gasteiger partial charge in [-0.1, -0.05) is 12.1 Å². The Morgan fingerprint density at radius 3 is 1.28 bits per heavy atom. The highest BCUT2D eigenvalue weighted by molar-refractivity contribution is 5.65. The third-order valence-electron chi connectivity index (χ3n) is 3.55. The van der Waals surface area contributed by atoms with Crippen LogP contribution in [-0.2, 0) is 0 Å². The van der Waals surface area contributed by atoms with E-state index in [9.17, 15) is 20.2 Å². The molecule has 0 aliphatic heterocycles. The van der Waals surface area contributed by atoms with Crippen molar-refractivity contribution in [2.45, 2.75) is 0 Å². The highest BCUT2D eigenvalue weighted by Crippen LogP contribution is 2.27. The molecule has 0 saturated carbocycles. The summed E-state index contributed by atoms with van der Waals surface area (Å²) in [4.78, 5) is 20.4. The molecule has 0 fully saturated rings. The SMILES string of the molecule is O=[N+]([O-])c1ccc(Oc2ccc(-c3ccc([N+](=O)[O-])cc3)cc2)cc1. The van der Waals surface area contributed by atoms with Crippen LogP contribution in [0.25, 0.3) is 11.1 Å². The van der Waals surface area contributed by atoms with Crippen LogP contribution in [0.5, 0.6) is 11.5 Å². The number of benzene rings is 3. The maximum Gasteiger partial charge on any atom is 0.269 e. The largest absolute Gasteiger partial charge is 0.457 e. The summed E-state index contributed by atoms with van der Waals surface area (Å²) in [7, 11) is 0.